The van der Waals surface area contributed by atoms with Gasteiger partial charge in [0, 0.05) is 18.7 Å². The van der Waals surface area contributed by atoms with Crippen LogP contribution in [0.5, 0.6) is 0 Å². The summed E-state index contributed by atoms with van der Waals surface area (Å²) in [5, 5.41) is 0. The van der Waals surface area contributed by atoms with E-state index in [2.05, 4.69) is 25.8 Å². The topological polar surface area (TPSA) is 72.3 Å². The van der Waals surface area contributed by atoms with E-state index in [-0.39, 0.29) is 23.7 Å². The van der Waals surface area contributed by atoms with Gasteiger partial charge in [-0.25, -0.2) is 0 Å². The van der Waals surface area contributed by atoms with Gasteiger partial charge in [-0.3, -0.25) is 4.79 Å². The molecule has 1 aromatic carbocycles. The van der Waals surface area contributed by atoms with Crippen LogP contribution in [0.15, 0.2) is 24.3 Å². The number of rotatable bonds is 6. The van der Waals surface area contributed by atoms with Crippen LogP contribution >= 0.6 is 12.4 Å². The highest BCUT2D eigenvalue weighted by Gasteiger charge is 2.17. The van der Waals surface area contributed by atoms with Crippen LogP contribution in [-0.2, 0) is 6.54 Å². The lowest BCUT2D eigenvalue weighted by molar-refractivity contribution is 0.100. The molecule has 1 amide bonds. The molecule has 1 aromatic rings. The van der Waals surface area contributed by atoms with Crippen molar-refractivity contribution in [2.75, 3.05) is 20.1 Å². The summed E-state index contributed by atoms with van der Waals surface area (Å²) in [5.41, 5.74) is 12.7. The van der Waals surface area contributed by atoms with E-state index in [1.54, 1.807) is 12.1 Å². The van der Waals surface area contributed by atoms with Crippen LogP contribution in [0, 0.1) is 5.41 Å². The maximum atomic E-state index is 11.0. The van der Waals surface area contributed by atoms with Crippen molar-refractivity contribution >= 4 is 18.3 Å². The van der Waals surface area contributed by atoms with E-state index >= 15 is 0 Å². The first-order chi connectivity index (χ1) is 8.34. The highest BCUT2D eigenvalue weighted by Crippen LogP contribution is 2.15. The number of nitrogens with two attached hydrogens (primary N) is 2. The molecule has 0 bridgehead atoms. The molecular formula is C14H24ClN3O. The van der Waals surface area contributed by atoms with E-state index < -0.39 is 0 Å². The zero-order valence-electron chi connectivity index (χ0n) is 11.8. The number of carbonyl (C=O) groups excluding carboxylic acids is 1. The minimum absolute atomic E-state index is 0. The van der Waals surface area contributed by atoms with E-state index in [0.717, 1.165) is 18.7 Å². The number of primary amides is 1. The van der Waals surface area contributed by atoms with Crippen molar-refractivity contribution in [3.63, 3.8) is 0 Å². The first-order valence-corrected chi connectivity index (χ1v) is 6.11. The highest BCUT2D eigenvalue weighted by molar-refractivity contribution is 5.92. The maximum Gasteiger partial charge on any atom is 0.248 e. The second kappa shape index (κ2) is 7.48. The molecule has 0 radical (unpaired) electrons. The largest absolute Gasteiger partial charge is 0.366 e. The van der Waals surface area contributed by atoms with Gasteiger partial charge in [0.25, 0.3) is 0 Å². The molecule has 0 aliphatic carbocycles. The lowest BCUT2D eigenvalue weighted by Gasteiger charge is -2.29. The fraction of sp³-hybridized carbons (Fsp3) is 0.500. The monoisotopic (exact) mass is 285 g/mol. The minimum Gasteiger partial charge on any atom is -0.366 e. The Morgan fingerprint density at radius 2 is 1.79 bits per heavy atom. The zero-order valence-corrected chi connectivity index (χ0v) is 12.7. The van der Waals surface area contributed by atoms with Gasteiger partial charge in [-0.15, -0.1) is 12.4 Å². The summed E-state index contributed by atoms with van der Waals surface area (Å²) < 4.78 is 0. The van der Waals surface area contributed by atoms with Gasteiger partial charge >= 0.3 is 0 Å². The summed E-state index contributed by atoms with van der Waals surface area (Å²) in [7, 11) is 2.07. The molecule has 0 fully saturated rings. The van der Waals surface area contributed by atoms with Crippen LogP contribution in [0.2, 0.25) is 0 Å². The summed E-state index contributed by atoms with van der Waals surface area (Å²) in [6.45, 7) is 6.74. The number of amides is 1. The standard InChI is InChI=1S/C14H23N3O.ClH/c1-14(2,9-15)10-17(3)8-11-4-6-12(7-5-11)13(16)18;/h4-7H,8-10,15H2,1-3H3,(H2,16,18);1H. The average molecular weight is 286 g/mol. The van der Waals surface area contributed by atoms with Gasteiger partial charge in [-0.05, 0) is 36.7 Å². The van der Waals surface area contributed by atoms with Crippen molar-refractivity contribution in [3.8, 4) is 0 Å². The molecule has 0 unspecified atom stereocenters. The molecule has 1 rings (SSSR count). The predicted molar refractivity (Wildman–Crippen MR) is 81.4 cm³/mol. The Morgan fingerprint density at radius 1 is 1.26 bits per heavy atom. The molecule has 0 saturated heterocycles. The molecule has 0 aliphatic heterocycles. The Kier molecular flexibility index (Phi) is 7.05. The fourth-order valence-electron chi connectivity index (χ4n) is 1.94. The van der Waals surface area contributed by atoms with Crippen LogP contribution in [0.3, 0.4) is 0 Å². The second-order valence-electron chi connectivity index (χ2n) is 5.60. The van der Waals surface area contributed by atoms with Gasteiger partial charge in [0.15, 0.2) is 0 Å². The normalized spacial score (nSPS) is 11.2. The van der Waals surface area contributed by atoms with Gasteiger partial charge < -0.3 is 16.4 Å². The van der Waals surface area contributed by atoms with E-state index in [9.17, 15) is 4.79 Å². The lowest BCUT2D eigenvalue weighted by atomic mass is 9.93. The van der Waals surface area contributed by atoms with Crippen molar-refractivity contribution in [1.82, 2.24) is 4.90 Å². The van der Waals surface area contributed by atoms with Gasteiger partial charge in [0.1, 0.15) is 0 Å². The summed E-state index contributed by atoms with van der Waals surface area (Å²) in [5.74, 6) is -0.390. The van der Waals surface area contributed by atoms with Crippen molar-refractivity contribution in [3.05, 3.63) is 35.4 Å². The van der Waals surface area contributed by atoms with Gasteiger partial charge in [0.2, 0.25) is 5.91 Å². The number of benzene rings is 1. The molecule has 5 heteroatoms. The van der Waals surface area contributed by atoms with Crippen molar-refractivity contribution in [1.29, 1.82) is 0 Å². The molecule has 0 heterocycles. The van der Waals surface area contributed by atoms with Gasteiger partial charge in [-0.1, -0.05) is 26.0 Å². The summed E-state index contributed by atoms with van der Waals surface area (Å²) in [4.78, 5) is 13.2. The smallest absolute Gasteiger partial charge is 0.248 e. The van der Waals surface area contributed by atoms with Crippen molar-refractivity contribution in [2.45, 2.75) is 20.4 Å². The zero-order chi connectivity index (χ0) is 13.8. The predicted octanol–water partition coefficient (Wildman–Crippen LogP) is 1.62. The Labute approximate surface area is 121 Å². The Balaban J connectivity index is 0.00000324. The summed E-state index contributed by atoms with van der Waals surface area (Å²) >= 11 is 0. The van der Waals surface area contributed by atoms with Gasteiger partial charge in [0.05, 0.1) is 0 Å². The van der Waals surface area contributed by atoms with Crippen molar-refractivity contribution in [2.24, 2.45) is 16.9 Å². The molecular weight excluding hydrogens is 262 g/mol. The Hall–Kier alpha value is -1.10. The molecule has 0 saturated carbocycles. The number of carbonyl (C=O) groups is 1. The Bertz CT molecular complexity index is 404. The lowest BCUT2D eigenvalue weighted by Crippen LogP contribution is -2.36. The molecule has 0 spiro atoms. The van der Waals surface area contributed by atoms with E-state index in [4.69, 9.17) is 11.5 Å². The first-order valence-electron chi connectivity index (χ1n) is 6.11. The fourth-order valence-corrected chi connectivity index (χ4v) is 1.94. The summed E-state index contributed by atoms with van der Waals surface area (Å²) in [6, 6.07) is 7.40. The van der Waals surface area contributed by atoms with Crippen LogP contribution in [0.1, 0.15) is 29.8 Å². The number of hydrogen-bond acceptors (Lipinski definition) is 3. The maximum absolute atomic E-state index is 11.0. The third-order valence-electron chi connectivity index (χ3n) is 2.94. The molecule has 108 valence electrons. The molecule has 0 aliphatic rings. The van der Waals surface area contributed by atoms with Gasteiger partial charge in [-0.2, -0.15) is 0 Å². The minimum atomic E-state index is -0.390. The van der Waals surface area contributed by atoms with Crippen molar-refractivity contribution < 1.29 is 4.79 Å². The van der Waals surface area contributed by atoms with Crippen LogP contribution in [-0.4, -0.2) is 30.9 Å². The number of nitrogens with zero attached hydrogens (tertiary/aromatic N) is 1. The SMILES string of the molecule is CN(Cc1ccc(C(N)=O)cc1)CC(C)(C)CN.Cl. The third kappa shape index (κ3) is 6.05. The quantitative estimate of drug-likeness (QED) is 0.834. The molecule has 0 atom stereocenters. The van der Waals surface area contributed by atoms with E-state index in [1.165, 1.54) is 0 Å². The molecule has 19 heavy (non-hydrogen) atoms. The van der Waals surface area contributed by atoms with E-state index in [0.29, 0.717) is 12.1 Å². The van der Waals surface area contributed by atoms with Crippen LogP contribution < -0.4 is 11.5 Å². The molecule has 4 nitrogen and oxygen atoms in total. The van der Waals surface area contributed by atoms with Crippen LogP contribution in [0.25, 0.3) is 0 Å². The van der Waals surface area contributed by atoms with Crippen LogP contribution in [0.4, 0.5) is 0 Å². The highest BCUT2D eigenvalue weighted by atomic mass is 35.5. The number of hydrogen-bond donors (Lipinski definition) is 2. The second-order valence-corrected chi connectivity index (χ2v) is 5.60. The van der Waals surface area contributed by atoms with E-state index in [1.807, 2.05) is 12.1 Å². The average Bonchev–Trinajstić information content (AvgIpc) is 2.29. The summed E-state index contributed by atoms with van der Waals surface area (Å²) in [6.07, 6.45) is 0. The first kappa shape index (κ1) is 17.9. The molecule has 4 N–H and O–H groups in total. The molecule has 0 aromatic heterocycles. The number of halogens is 1. The Morgan fingerprint density at radius 3 is 2.21 bits per heavy atom. The third-order valence-corrected chi connectivity index (χ3v) is 2.94.